The largest absolute Gasteiger partial charge is 0.508 e. The lowest BCUT2D eigenvalue weighted by Gasteiger charge is -2.14. The van der Waals surface area contributed by atoms with Gasteiger partial charge in [0.05, 0.1) is 0 Å². The third kappa shape index (κ3) is 9.44. The summed E-state index contributed by atoms with van der Waals surface area (Å²) in [5.41, 5.74) is 4.16. The van der Waals surface area contributed by atoms with Gasteiger partial charge in [0.1, 0.15) is 11.5 Å². The maximum Gasteiger partial charge on any atom is 0.160 e. The van der Waals surface area contributed by atoms with E-state index in [9.17, 15) is 20.4 Å². The van der Waals surface area contributed by atoms with Crippen LogP contribution in [0, 0.1) is 0 Å². The normalized spacial score (nSPS) is 11.1. The first kappa shape index (κ1) is 27.4. The number of phenols is 4. The van der Waals surface area contributed by atoms with Crippen molar-refractivity contribution >= 4 is 0 Å². The SMILES string of the molecule is Oc1ccc(CCNCCCCCCNCCc2ccc(O)c(O)c2CCc2ccc(O)cc2)cc1. The number of unbranched alkanes of at least 4 members (excludes halogenated alkanes) is 3. The quantitative estimate of drug-likeness (QED) is 0.127. The Kier molecular flexibility index (Phi) is 11.4. The predicted molar refractivity (Wildman–Crippen MR) is 145 cm³/mol. The molecule has 3 rings (SSSR count). The van der Waals surface area contributed by atoms with Crippen molar-refractivity contribution in [2.45, 2.75) is 51.4 Å². The molecular formula is C30H40N2O4. The molecule has 0 aliphatic rings. The van der Waals surface area contributed by atoms with Gasteiger partial charge in [-0.15, -0.1) is 0 Å². The molecule has 6 nitrogen and oxygen atoms in total. The second-order valence-corrected chi connectivity index (χ2v) is 9.32. The number of benzene rings is 3. The summed E-state index contributed by atoms with van der Waals surface area (Å²) in [6, 6.07) is 17.9. The van der Waals surface area contributed by atoms with Crippen molar-refractivity contribution in [3.8, 4) is 23.0 Å². The highest BCUT2D eigenvalue weighted by Crippen LogP contribution is 2.32. The zero-order valence-electron chi connectivity index (χ0n) is 21.0. The number of aryl methyl sites for hydroxylation is 1. The summed E-state index contributed by atoms with van der Waals surface area (Å²) >= 11 is 0. The van der Waals surface area contributed by atoms with Crippen molar-refractivity contribution in [1.29, 1.82) is 0 Å². The molecule has 3 aromatic rings. The van der Waals surface area contributed by atoms with Gasteiger partial charge in [0, 0.05) is 5.56 Å². The van der Waals surface area contributed by atoms with Crippen LogP contribution in [0.5, 0.6) is 23.0 Å². The second-order valence-electron chi connectivity index (χ2n) is 9.32. The van der Waals surface area contributed by atoms with Crippen molar-refractivity contribution in [1.82, 2.24) is 10.6 Å². The van der Waals surface area contributed by atoms with Crippen LogP contribution in [0.25, 0.3) is 0 Å². The number of rotatable bonds is 16. The van der Waals surface area contributed by atoms with E-state index < -0.39 is 0 Å². The molecule has 0 saturated heterocycles. The molecule has 0 heterocycles. The van der Waals surface area contributed by atoms with Gasteiger partial charge in [-0.3, -0.25) is 0 Å². The summed E-state index contributed by atoms with van der Waals surface area (Å²) in [5, 5.41) is 46.2. The van der Waals surface area contributed by atoms with Crippen molar-refractivity contribution in [2.75, 3.05) is 26.2 Å². The third-order valence-electron chi connectivity index (χ3n) is 6.51. The van der Waals surface area contributed by atoms with Crippen LogP contribution in [-0.4, -0.2) is 46.6 Å². The molecule has 0 aromatic heterocycles. The summed E-state index contributed by atoms with van der Waals surface area (Å²) in [7, 11) is 0. The molecule has 36 heavy (non-hydrogen) atoms. The number of hydrogen-bond donors (Lipinski definition) is 6. The van der Waals surface area contributed by atoms with Gasteiger partial charge < -0.3 is 31.1 Å². The topological polar surface area (TPSA) is 105 Å². The minimum atomic E-state index is -0.0812. The highest BCUT2D eigenvalue weighted by molar-refractivity contribution is 5.49. The number of hydrogen-bond acceptors (Lipinski definition) is 6. The molecule has 0 aliphatic carbocycles. The number of phenolic OH excluding ortho intramolecular Hbond substituents is 4. The van der Waals surface area contributed by atoms with Gasteiger partial charge in [-0.25, -0.2) is 0 Å². The molecule has 0 saturated carbocycles. The molecule has 6 heteroatoms. The minimum absolute atomic E-state index is 0.0250. The van der Waals surface area contributed by atoms with Crippen molar-refractivity contribution in [3.63, 3.8) is 0 Å². The van der Waals surface area contributed by atoms with E-state index in [2.05, 4.69) is 10.6 Å². The summed E-state index contributed by atoms with van der Waals surface area (Å²) in [6.45, 7) is 3.79. The Hall–Kier alpha value is -3.22. The standard InChI is InChI=1S/C30H40N2O4/c33-26-11-5-23(6-12-26)9-15-28-25(10-16-29(35)30(28)36)18-22-32-20-4-2-1-3-19-31-21-17-24-7-13-27(34)14-8-24/h5-8,10-14,16,31-36H,1-4,9,15,17-22H2. The summed E-state index contributed by atoms with van der Waals surface area (Å²) in [4.78, 5) is 0. The molecule has 0 atom stereocenters. The van der Waals surface area contributed by atoms with E-state index in [1.165, 1.54) is 24.8 Å². The Balaban J connectivity index is 1.26. The third-order valence-corrected chi connectivity index (χ3v) is 6.51. The molecule has 3 aromatic carbocycles. The van der Waals surface area contributed by atoms with Crippen LogP contribution in [0.4, 0.5) is 0 Å². The Bertz CT molecular complexity index is 1040. The number of aromatic hydroxyl groups is 4. The Labute approximate surface area is 214 Å². The van der Waals surface area contributed by atoms with Crippen molar-refractivity contribution < 1.29 is 20.4 Å². The van der Waals surface area contributed by atoms with Gasteiger partial charge in [0.2, 0.25) is 0 Å². The van der Waals surface area contributed by atoms with E-state index in [0.717, 1.165) is 68.6 Å². The Morgan fingerprint density at radius 2 is 1.00 bits per heavy atom. The van der Waals surface area contributed by atoms with Crippen molar-refractivity contribution in [2.24, 2.45) is 0 Å². The molecule has 0 unspecified atom stereocenters. The first-order valence-corrected chi connectivity index (χ1v) is 13.0. The van der Waals surface area contributed by atoms with Gasteiger partial charge >= 0.3 is 0 Å². The molecule has 0 amide bonds. The average molecular weight is 493 g/mol. The molecule has 0 fully saturated rings. The second kappa shape index (κ2) is 15.0. The van der Waals surface area contributed by atoms with Gasteiger partial charge in [-0.2, -0.15) is 0 Å². The van der Waals surface area contributed by atoms with Gasteiger partial charge in [-0.05, 0) is 112 Å². The van der Waals surface area contributed by atoms with E-state index in [4.69, 9.17) is 0 Å². The average Bonchev–Trinajstić information content (AvgIpc) is 2.88. The molecular weight excluding hydrogens is 452 g/mol. The smallest absolute Gasteiger partial charge is 0.160 e. The van der Waals surface area contributed by atoms with Crippen LogP contribution in [0.3, 0.4) is 0 Å². The molecule has 0 radical (unpaired) electrons. The van der Waals surface area contributed by atoms with E-state index in [0.29, 0.717) is 12.2 Å². The first-order chi connectivity index (χ1) is 17.5. The van der Waals surface area contributed by atoms with Crippen LogP contribution in [-0.2, 0) is 25.7 Å². The molecule has 0 spiro atoms. The first-order valence-electron chi connectivity index (χ1n) is 13.0. The zero-order valence-corrected chi connectivity index (χ0v) is 21.0. The fraction of sp³-hybridized carbons (Fsp3) is 0.400. The van der Waals surface area contributed by atoms with Crippen LogP contribution >= 0.6 is 0 Å². The van der Waals surface area contributed by atoms with E-state index in [-0.39, 0.29) is 17.2 Å². The Morgan fingerprint density at radius 3 is 1.58 bits per heavy atom. The van der Waals surface area contributed by atoms with Gasteiger partial charge in [-0.1, -0.05) is 43.2 Å². The predicted octanol–water partition coefficient (Wildman–Crippen LogP) is 4.82. The Morgan fingerprint density at radius 1 is 0.472 bits per heavy atom. The van der Waals surface area contributed by atoms with Crippen LogP contribution in [0.15, 0.2) is 60.7 Å². The van der Waals surface area contributed by atoms with Crippen LogP contribution in [0.2, 0.25) is 0 Å². The highest BCUT2D eigenvalue weighted by Gasteiger charge is 2.12. The monoisotopic (exact) mass is 492 g/mol. The zero-order chi connectivity index (χ0) is 25.6. The summed E-state index contributed by atoms with van der Waals surface area (Å²) < 4.78 is 0. The van der Waals surface area contributed by atoms with E-state index >= 15 is 0 Å². The highest BCUT2D eigenvalue weighted by atomic mass is 16.3. The fourth-order valence-electron chi connectivity index (χ4n) is 4.33. The number of nitrogens with one attached hydrogen (secondary N) is 2. The summed E-state index contributed by atoms with van der Waals surface area (Å²) in [6.07, 6.45) is 7.85. The van der Waals surface area contributed by atoms with Crippen molar-refractivity contribution in [3.05, 3.63) is 82.9 Å². The lowest BCUT2D eigenvalue weighted by atomic mass is 9.96. The lowest BCUT2D eigenvalue weighted by molar-refractivity contribution is 0.398. The van der Waals surface area contributed by atoms with Gasteiger partial charge in [0.15, 0.2) is 11.5 Å². The van der Waals surface area contributed by atoms with Crippen LogP contribution in [0.1, 0.15) is 47.9 Å². The maximum atomic E-state index is 10.4. The molecule has 194 valence electrons. The van der Waals surface area contributed by atoms with E-state index in [1.807, 2.05) is 30.3 Å². The molecule has 6 N–H and O–H groups in total. The van der Waals surface area contributed by atoms with E-state index in [1.54, 1.807) is 30.3 Å². The molecule has 0 bridgehead atoms. The fourth-order valence-corrected chi connectivity index (χ4v) is 4.33. The minimum Gasteiger partial charge on any atom is -0.508 e. The van der Waals surface area contributed by atoms with Crippen LogP contribution < -0.4 is 10.6 Å². The lowest BCUT2D eigenvalue weighted by Crippen LogP contribution is -2.20. The summed E-state index contributed by atoms with van der Waals surface area (Å²) in [5.74, 6) is 0.446. The van der Waals surface area contributed by atoms with Gasteiger partial charge in [0.25, 0.3) is 0 Å². The maximum absolute atomic E-state index is 10.4. The molecule has 0 aliphatic heterocycles.